The molecule has 38 heavy (non-hydrogen) atoms. The van der Waals surface area contributed by atoms with Crippen LogP contribution in [0.25, 0.3) is 0 Å². The quantitative estimate of drug-likeness (QED) is 0.256. The lowest BCUT2D eigenvalue weighted by Gasteiger charge is -2.30. The average molecular weight is 567 g/mol. The number of hydrogen-bond donors (Lipinski definition) is 1. The normalized spacial score (nSPS) is 20.9. The van der Waals surface area contributed by atoms with Crippen LogP contribution in [0.4, 0.5) is 4.39 Å². The summed E-state index contributed by atoms with van der Waals surface area (Å²) < 4.78 is 13.4. The molecular weight excluding hydrogens is 543 g/mol. The molecule has 0 bridgehead atoms. The minimum absolute atomic E-state index is 0.163. The lowest BCUT2D eigenvalue weighted by Crippen LogP contribution is -2.48. The van der Waals surface area contributed by atoms with Crippen molar-refractivity contribution < 1.29 is 18.8 Å². The molecule has 4 aromatic rings. The number of ketones is 1. The summed E-state index contributed by atoms with van der Waals surface area (Å²) in [5.41, 5.74) is 1.09. The first kappa shape index (κ1) is 26.3. The zero-order valence-corrected chi connectivity index (χ0v) is 22.7. The number of halogens is 2. The number of Topliss-reactive ketones (excluding diaryl/α,β-unsaturated/α-hetero) is 1. The number of nitrogens with zero attached hydrogens (tertiary/aromatic N) is 1. The van der Waals surface area contributed by atoms with Crippen LogP contribution >= 0.6 is 34.3 Å². The van der Waals surface area contributed by atoms with Crippen molar-refractivity contribution in [1.29, 1.82) is 0 Å². The Hall–Kier alpha value is -3.33. The third-order valence-corrected chi connectivity index (χ3v) is 9.03. The van der Waals surface area contributed by atoms with Gasteiger partial charge in [0.25, 0.3) is 5.91 Å². The van der Waals surface area contributed by atoms with Gasteiger partial charge < -0.3 is 10.2 Å². The number of rotatable bonds is 7. The molecule has 1 fully saturated rings. The molecule has 4 atom stereocenters. The lowest BCUT2D eigenvalue weighted by atomic mass is 9.82. The molecular formula is C29H24ClFN2O3S2. The topological polar surface area (TPSA) is 66.5 Å². The van der Waals surface area contributed by atoms with E-state index in [2.05, 4.69) is 5.32 Å². The molecule has 1 aliphatic rings. The average Bonchev–Trinajstić information content (AvgIpc) is 3.68. The van der Waals surface area contributed by atoms with Crippen LogP contribution in [-0.2, 0) is 11.3 Å². The first-order valence-electron chi connectivity index (χ1n) is 12.1. The molecule has 1 saturated heterocycles. The predicted molar refractivity (Wildman–Crippen MR) is 148 cm³/mol. The smallest absolute Gasteiger partial charge is 0.265 e. The van der Waals surface area contributed by atoms with E-state index in [0.29, 0.717) is 15.5 Å². The molecule has 194 valence electrons. The zero-order chi connectivity index (χ0) is 26.8. The van der Waals surface area contributed by atoms with Crippen molar-refractivity contribution >= 4 is 51.9 Å². The Morgan fingerprint density at radius 1 is 0.947 bits per heavy atom. The van der Waals surface area contributed by atoms with E-state index in [9.17, 15) is 18.8 Å². The fraction of sp³-hybridized carbons (Fsp3) is 0.207. The van der Waals surface area contributed by atoms with E-state index in [1.54, 1.807) is 53.4 Å². The zero-order valence-electron chi connectivity index (χ0n) is 20.3. The summed E-state index contributed by atoms with van der Waals surface area (Å²) in [4.78, 5) is 44.6. The molecule has 3 heterocycles. The number of likely N-dealkylation sites (tertiary alicyclic amines) is 1. The Labute approximate surface area is 232 Å². The van der Waals surface area contributed by atoms with Gasteiger partial charge in [0.15, 0.2) is 5.78 Å². The van der Waals surface area contributed by atoms with Gasteiger partial charge in [0, 0.05) is 17.0 Å². The van der Waals surface area contributed by atoms with E-state index in [1.165, 1.54) is 34.8 Å². The molecule has 2 aromatic heterocycles. The number of carbonyl (C=O) groups is 3. The Balaban J connectivity index is 1.56. The summed E-state index contributed by atoms with van der Waals surface area (Å²) >= 11 is 9.16. The number of benzene rings is 2. The molecule has 4 unspecified atom stereocenters. The number of amides is 2. The van der Waals surface area contributed by atoms with Crippen molar-refractivity contribution in [3.8, 4) is 0 Å². The maximum absolute atomic E-state index is 14.0. The van der Waals surface area contributed by atoms with Crippen LogP contribution in [0.3, 0.4) is 0 Å². The number of nitrogens with one attached hydrogen (secondary N) is 1. The first-order chi connectivity index (χ1) is 18.4. The molecule has 0 spiro atoms. The Bertz CT molecular complexity index is 1440. The van der Waals surface area contributed by atoms with Crippen molar-refractivity contribution in [1.82, 2.24) is 10.2 Å². The molecule has 1 N–H and O–H groups in total. The van der Waals surface area contributed by atoms with Crippen LogP contribution in [0.15, 0.2) is 83.6 Å². The van der Waals surface area contributed by atoms with Gasteiger partial charge in [0.2, 0.25) is 5.91 Å². The van der Waals surface area contributed by atoms with Crippen molar-refractivity contribution in [2.24, 2.45) is 11.8 Å². The fourth-order valence-corrected chi connectivity index (χ4v) is 6.89. The van der Waals surface area contributed by atoms with Crippen molar-refractivity contribution in [2.75, 3.05) is 0 Å². The highest BCUT2D eigenvalue weighted by atomic mass is 35.5. The van der Waals surface area contributed by atoms with Gasteiger partial charge in [-0.15, -0.1) is 22.7 Å². The van der Waals surface area contributed by atoms with Crippen LogP contribution in [0, 0.1) is 17.7 Å². The summed E-state index contributed by atoms with van der Waals surface area (Å²) in [7, 11) is 0. The minimum Gasteiger partial charge on any atom is -0.350 e. The largest absolute Gasteiger partial charge is 0.350 e. The van der Waals surface area contributed by atoms with E-state index in [-0.39, 0.29) is 30.0 Å². The molecule has 5 nitrogen and oxygen atoms in total. The number of carbonyl (C=O) groups excluding carboxylic acids is 3. The fourth-order valence-electron chi connectivity index (χ4n) is 5.12. The second-order valence-electron chi connectivity index (χ2n) is 9.17. The lowest BCUT2D eigenvalue weighted by molar-refractivity contribution is -0.126. The molecule has 5 rings (SSSR count). The Morgan fingerprint density at radius 2 is 1.66 bits per heavy atom. The summed E-state index contributed by atoms with van der Waals surface area (Å²) in [6.07, 6.45) is 0. The van der Waals surface area contributed by atoms with E-state index in [0.717, 1.165) is 10.4 Å². The predicted octanol–water partition coefficient (Wildman–Crippen LogP) is 6.62. The van der Waals surface area contributed by atoms with Crippen molar-refractivity contribution in [2.45, 2.75) is 25.6 Å². The molecule has 0 radical (unpaired) electrons. The first-order valence-corrected chi connectivity index (χ1v) is 14.2. The van der Waals surface area contributed by atoms with Crippen LogP contribution in [0.1, 0.15) is 43.4 Å². The van der Waals surface area contributed by atoms with Crippen molar-refractivity contribution in [3.05, 3.63) is 115 Å². The highest BCUT2D eigenvalue weighted by Gasteiger charge is 2.55. The van der Waals surface area contributed by atoms with E-state index < -0.39 is 23.9 Å². The molecule has 1 aliphatic heterocycles. The summed E-state index contributed by atoms with van der Waals surface area (Å²) in [5.74, 6) is -2.46. The molecule has 2 aromatic carbocycles. The summed E-state index contributed by atoms with van der Waals surface area (Å²) in [6, 6.07) is 18.4. The Morgan fingerprint density at radius 3 is 2.32 bits per heavy atom. The second kappa shape index (κ2) is 11.2. The summed E-state index contributed by atoms with van der Waals surface area (Å²) in [5, 5.41) is 6.94. The summed E-state index contributed by atoms with van der Waals surface area (Å²) in [6.45, 7) is 2.00. The molecule has 2 amide bonds. The van der Waals surface area contributed by atoms with Gasteiger partial charge in [-0.2, -0.15) is 0 Å². The van der Waals surface area contributed by atoms with Crippen LogP contribution in [0.5, 0.6) is 0 Å². The highest BCUT2D eigenvalue weighted by molar-refractivity contribution is 7.12. The monoisotopic (exact) mass is 566 g/mol. The Kier molecular flexibility index (Phi) is 7.74. The SMILES string of the molecule is CC1C(C(=O)c2ccccc2Cl)C(c2cccs2)N(C(=O)c2cccs2)C1C(=O)NCc1ccc(F)cc1. The third kappa shape index (κ3) is 5.04. The maximum Gasteiger partial charge on any atom is 0.265 e. The van der Waals surface area contributed by atoms with E-state index in [4.69, 9.17) is 11.6 Å². The van der Waals surface area contributed by atoms with Gasteiger partial charge in [-0.3, -0.25) is 14.4 Å². The molecule has 9 heteroatoms. The van der Waals surface area contributed by atoms with Gasteiger partial charge in [-0.1, -0.05) is 54.9 Å². The minimum atomic E-state index is -0.909. The van der Waals surface area contributed by atoms with E-state index in [1.807, 2.05) is 29.8 Å². The van der Waals surface area contributed by atoms with Gasteiger partial charge in [0.05, 0.1) is 21.9 Å². The van der Waals surface area contributed by atoms with E-state index >= 15 is 0 Å². The third-order valence-electron chi connectivity index (χ3n) is 6.90. The van der Waals surface area contributed by atoms with Gasteiger partial charge in [0.1, 0.15) is 11.9 Å². The van der Waals surface area contributed by atoms with Gasteiger partial charge in [-0.25, -0.2) is 4.39 Å². The van der Waals surface area contributed by atoms with Gasteiger partial charge in [-0.05, 0) is 58.6 Å². The van der Waals surface area contributed by atoms with Crippen LogP contribution in [-0.4, -0.2) is 28.5 Å². The van der Waals surface area contributed by atoms with Crippen LogP contribution in [0.2, 0.25) is 5.02 Å². The van der Waals surface area contributed by atoms with Crippen LogP contribution < -0.4 is 5.32 Å². The van der Waals surface area contributed by atoms with Gasteiger partial charge >= 0.3 is 0 Å². The maximum atomic E-state index is 14.0. The molecule has 0 aliphatic carbocycles. The van der Waals surface area contributed by atoms with Crippen molar-refractivity contribution in [3.63, 3.8) is 0 Å². The highest BCUT2D eigenvalue weighted by Crippen LogP contribution is 2.49. The second-order valence-corrected chi connectivity index (χ2v) is 11.5. The standard InChI is InChI=1S/C29H24ClFN2O3S2/c1-17-24(27(34)20-6-2-3-7-21(20)30)26(22-8-4-14-37-22)33(29(36)23-9-5-15-38-23)25(17)28(35)32-16-18-10-12-19(31)13-11-18/h2-15,17,24-26H,16H2,1H3,(H,32,35). The number of hydrogen-bond acceptors (Lipinski definition) is 5. The molecule has 0 saturated carbocycles. The number of thiophene rings is 2.